The first-order chi connectivity index (χ1) is 20.0. The number of rotatable bonds is 19. The normalized spacial score (nSPS) is 17.0. The van der Waals surface area contributed by atoms with Crippen molar-refractivity contribution >= 4 is 11.8 Å². The predicted molar refractivity (Wildman–Crippen MR) is 162 cm³/mol. The number of nitrogens with zero attached hydrogens (tertiary/aromatic N) is 1. The molecule has 1 aromatic rings. The van der Waals surface area contributed by atoms with Gasteiger partial charge in [-0.3, -0.25) is 15.0 Å². The lowest BCUT2D eigenvalue weighted by atomic mass is 9.81. The molecule has 1 aliphatic heterocycles. The highest BCUT2D eigenvalue weighted by Gasteiger charge is 2.30. The molecular weight excluding hydrogens is 540 g/mol. The third-order valence-electron chi connectivity index (χ3n) is 7.84. The summed E-state index contributed by atoms with van der Waals surface area (Å²) in [5, 5.41) is 15.6. The Morgan fingerprint density at radius 2 is 1.76 bits per heavy atom. The number of carbonyl (C=O) groups is 2. The summed E-state index contributed by atoms with van der Waals surface area (Å²) >= 11 is 0. The third-order valence-corrected chi connectivity index (χ3v) is 7.84. The summed E-state index contributed by atoms with van der Waals surface area (Å²) in [5.41, 5.74) is 10.4. The Bertz CT molecular complexity index is 940. The lowest BCUT2D eigenvalue weighted by Gasteiger charge is -2.30. The summed E-state index contributed by atoms with van der Waals surface area (Å²) in [7, 11) is 3.29. The fourth-order valence-electron chi connectivity index (χ4n) is 5.05. The van der Waals surface area contributed by atoms with Crippen molar-refractivity contribution in [3.05, 3.63) is 23.8 Å². The van der Waals surface area contributed by atoms with E-state index in [1.54, 1.807) is 19.2 Å². The van der Waals surface area contributed by atoms with Crippen LogP contribution in [0.5, 0.6) is 11.5 Å². The summed E-state index contributed by atoms with van der Waals surface area (Å²) in [4.78, 5) is 25.3. The summed E-state index contributed by atoms with van der Waals surface area (Å²) in [5.74, 6) is 0.862. The van der Waals surface area contributed by atoms with Gasteiger partial charge in [-0.25, -0.2) is 5.01 Å². The van der Waals surface area contributed by atoms with Crippen LogP contribution in [0.3, 0.4) is 0 Å². The number of nitrogens with two attached hydrogens (primary N) is 1. The van der Waals surface area contributed by atoms with Crippen molar-refractivity contribution < 1.29 is 33.6 Å². The average Bonchev–Trinajstić information content (AvgIpc) is 2.96. The zero-order chi connectivity index (χ0) is 31.1. The molecule has 11 heteroatoms. The Morgan fingerprint density at radius 1 is 1.05 bits per heavy atom. The highest BCUT2D eigenvalue weighted by Crippen LogP contribution is 2.31. The Balaban J connectivity index is 1.94. The molecule has 1 aromatic carbocycles. The van der Waals surface area contributed by atoms with Crippen LogP contribution in [-0.4, -0.2) is 94.4 Å². The van der Waals surface area contributed by atoms with Gasteiger partial charge >= 0.3 is 0 Å². The third kappa shape index (κ3) is 12.4. The Hall–Kier alpha value is -2.44. The quantitative estimate of drug-likeness (QED) is 0.177. The molecule has 1 saturated heterocycles. The molecule has 0 spiro atoms. The van der Waals surface area contributed by atoms with Crippen LogP contribution in [0.1, 0.15) is 52.5 Å². The predicted octanol–water partition coefficient (Wildman–Crippen LogP) is 2.15. The highest BCUT2D eigenvalue weighted by atomic mass is 16.5. The van der Waals surface area contributed by atoms with Crippen LogP contribution in [-0.2, 0) is 25.5 Å². The topological polar surface area (TPSA) is 145 Å². The molecule has 11 nitrogen and oxygen atoms in total. The summed E-state index contributed by atoms with van der Waals surface area (Å²) in [6, 6.07) is 5.46. The van der Waals surface area contributed by atoms with E-state index in [2.05, 4.69) is 24.6 Å². The van der Waals surface area contributed by atoms with Crippen molar-refractivity contribution in [3.8, 4) is 11.5 Å². The highest BCUT2D eigenvalue weighted by molar-refractivity contribution is 5.85. The summed E-state index contributed by atoms with van der Waals surface area (Å²) in [6.07, 6.45) is 1.51. The summed E-state index contributed by atoms with van der Waals surface area (Å²) < 4.78 is 21.8. The lowest BCUT2D eigenvalue weighted by Crippen LogP contribution is -2.51. The van der Waals surface area contributed by atoms with E-state index in [4.69, 9.17) is 24.7 Å². The van der Waals surface area contributed by atoms with E-state index in [9.17, 15) is 14.7 Å². The maximum Gasteiger partial charge on any atom is 0.253 e. The van der Waals surface area contributed by atoms with Crippen LogP contribution in [0.15, 0.2) is 18.2 Å². The number of aliphatic hydroxyl groups excluding tert-OH is 1. The molecule has 1 aliphatic rings. The number of ether oxygens (including phenoxy) is 4. The molecule has 0 aliphatic carbocycles. The van der Waals surface area contributed by atoms with Gasteiger partial charge in [0.25, 0.3) is 5.91 Å². The molecule has 0 aromatic heterocycles. The molecule has 1 fully saturated rings. The first-order valence-corrected chi connectivity index (χ1v) is 15.2. The van der Waals surface area contributed by atoms with Crippen LogP contribution in [0.25, 0.3) is 0 Å². The fraction of sp³-hybridized carbons (Fsp3) is 0.742. The van der Waals surface area contributed by atoms with Gasteiger partial charge in [-0.1, -0.05) is 33.8 Å². The van der Waals surface area contributed by atoms with E-state index in [0.717, 1.165) is 18.4 Å². The largest absolute Gasteiger partial charge is 0.493 e. The smallest absolute Gasteiger partial charge is 0.253 e. The van der Waals surface area contributed by atoms with E-state index in [0.29, 0.717) is 63.4 Å². The zero-order valence-electron chi connectivity index (χ0n) is 26.4. The number of benzene rings is 1. The molecule has 240 valence electrons. The maximum atomic E-state index is 13.0. The van der Waals surface area contributed by atoms with E-state index < -0.39 is 18.1 Å². The molecule has 0 bridgehead atoms. The van der Waals surface area contributed by atoms with Crippen LogP contribution < -0.4 is 25.9 Å². The number of morpholine rings is 1. The van der Waals surface area contributed by atoms with Gasteiger partial charge in [-0.2, -0.15) is 0 Å². The molecule has 0 radical (unpaired) electrons. The van der Waals surface area contributed by atoms with Crippen molar-refractivity contribution in [3.63, 3.8) is 0 Å². The second-order valence-electron chi connectivity index (χ2n) is 11.8. The van der Waals surface area contributed by atoms with E-state index in [-0.39, 0.29) is 36.6 Å². The van der Waals surface area contributed by atoms with Crippen molar-refractivity contribution in [2.75, 3.05) is 60.3 Å². The van der Waals surface area contributed by atoms with Crippen LogP contribution in [0.4, 0.5) is 0 Å². The van der Waals surface area contributed by atoms with Crippen molar-refractivity contribution in [2.45, 2.75) is 65.5 Å². The van der Waals surface area contributed by atoms with Crippen LogP contribution in [0, 0.1) is 23.7 Å². The van der Waals surface area contributed by atoms with Gasteiger partial charge in [0.2, 0.25) is 5.91 Å². The van der Waals surface area contributed by atoms with Gasteiger partial charge in [0.15, 0.2) is 11.5 Å². The van der Waals surface area contributed by atoms with Crippen molar-refractivity contribution in [1.29, 1.82) is 0 Å². The van der Waals surface area contributed by atoms with Crippen molar-refractivity contribution in [2.24, 2.45) is 29.4 Å². The molecule has 42 heavy (non-hydrogen) atoms. The average molecular weight is 595 g/mol. The lowest BCUT2D eigenvalue weighted by molar-refractivity contribution is -0.133. The maximum absolute atomic E-state index is 13.0. The zero-order valence-corrected chi connectivity index (χ0v) is 26.4. The minimum atomic E-state index is -0.859. The Labute approximate surface area is 251 Å². The molecule has 2 amide bonds. The Morgan fingerprint density at radius 3 is 2.38 bits per heavy atom. The molecule has 0 unspecified atom stereocenters. The molecule has 1 heterocycles. The SMILES string of the molecule is COCCCOc1cc(C[C@@H](C[C@H](N)[C@@H](O)C[C@H](C(=O)NCC(=O)NN2CCOCC2)C(C)C)C(C)C)ccc1OC. The monoisotopic (exact) mass is 594 g/mol. The number of carbonyl (C=O) groups excluding carboxylic acids is 2. The fourth-order valence-corrected chi connectivity index (χ4v) is 5.05. The number of hydrazine groups is 1. The van der Waals surface area contributed by atoms with Gasteiger partial charge in [0, 0.05) is 45.2 Å². The minimum absolute atomic E-state index is 0.0309. The van der Waals surface area contributed by atoms with Gasteiger partial charge < -0.3 is 35.1 Å². The van der Waals surface area contributed by atoms with Gasteiger partial charge in [-0.15, -0.1) is 0 Å². The molecule has 0 saturated carbocycles. The molecular formula is C31H54N4O7. The first kappa shape index (κ1) is 35.8. The number of methoxy groups -OCH3 is 2. The van der Waals surface area contributed by atoms with Gasteiger partial charge in [0.1, 0.15) is 0 Å². The second-order valence-corrected chi connectivity index (χ2v) is 11.8. The minimum Gasteiger partial charge on any atom is -0.493 e. The van der Waals surface area contributed by atoms with Crippen LogP contribution in [0.2, 0.25) is 0 Å². The van der Waals surface area contributed by atoms with Crippen LogP contribution >= 0.6 is 0 Å². The summed E-state index contributed by atoms with van der Waals surface area (Å²) in [6.45, 7) is 11.5. The number of nitrogens with one attached hydrogen (secondary N) is 2. The molecule has 5 N–H and O–H groups in total. The van der Waals surface area contributed by atoms with E-state index >= 15 is 0 Å². The first-order valence-electron chi connectivity index (χ1n) is 15.2. The van der Waals surface area contributed by atoms with Gasteiger partial charge in [-0.05, 0) is 54.7 Å². The number of hydrogen-bond acceptors (Lipinski definition) is 9. The Kier molecular flexibility index (Phi) is 16.1. The van der Waals surface area contributed by atoms with Gasteiger partial charge in [0.05, 0.1) is 39.6 Å². The van der Waals surface area contributed by atoms with E-state index in [1.165, 1.54) is 0 Å². The molecule has 2 rings (SSSR count). The standard InChI is InChI=1S/C31H54N4O7/c1-21(2)24(16-23-8-9-28(40-6)29(17-23)42-13-7-12-39-5)18-26(32)27(36)19-25(22(3)4)31(38)33-20-30(37)34-35-10-14-41-15-11-35/h8-9,17,21-22,24-27,36H,7,10-16,18-20,32H2,1-6H3,(H,33,38)(H,34,37)/t24-,25-,26-,27-/m0/s1. The number of hydrogen-bond donors (Lipinski definition) is 4. The van der Waals surface area contributed by atoms with E-state index in [1.807, 2.05) is 32.0 Å². The number of aliphatic hydroxyl groups is 1. The molecule has 4 atom stereocenters. The number of amides is 2. The van der Waals surface area contributed by atoms with Crippen molar-refractivity contribution in [1.82, 2.24) is 15.8 Å². The second kappa shape index (κ2) is 19.0.